The molecule has 0 radical (unpaired) electrons. The van der Waals surface area contributed by atoms with Gasteiger partial charge in [-0.15, -0.1) is 0 Å². The smallest absolute Gasteiger partial charge is 0.148 e. The molecule has 2 heterocycles. The van der Waals surface area contributed by atoms with E-state index in [1.54, 1.807) is 11.8 Å². The second-order valence-electron chi connectivity index (χ2n) is 9.84. The van der Waals surface area contributed by atoms with E-state index in [9.17, 15) is 14.0 Å². The van der Waals surface area contributed by atoms with Crippen LogP contribution in [0.1, 0.15) is 22.3 Å². The molecule has 1 unspecified atom stereocenters. The Morgan fingerprint density at radius 3 is 1.55 bits per heavy atom. The summed E-state index contributed by atoms with van der Waals surface area (Å²) in [6, 6.07) is 39.5. The summed E-state index contributed by atoms with van der Waals surface area (Å²) >= 11 is 1.75. The van der Waals surface area contributed by atoms with Gasteiger partial charge in [-0.25, -0.2) is 0 Å². The molecule has 218 valence electrons. The van der Waals surface area contributed by atoms with E-state index in [1.165, 1.54) is 0 Å². The molecule has 0 amide bonds. The fraction of sp³-hybridized carbons (Fsp3) is 0. The zero-order chi connectivity index (χ0) is 30.4. The van der Waals surface area contributed by atoms with Crippen molar-refractivity contribution < 1.29 is 28.0 Å². The molecule has 0 saturated heterocycles. The first-order valence-corrected chi connectivity index (χ1v) is 17.0. The summed E-state index contributed by atoms with van der Waals surface area (Å²) in [4.78, 5) is 3.54. The Morgan fingerprint density at radius 1 is 0.568 bits per heavy atom. The molecule has 4 aromatic carbocycles. The molecule has 0 spiro atoms. The molecule has 0 N–H and O–H groups in total. The lowest BCUT2D eigenvalue weighted by molar-refractivity contribution is -1.91. The minimum Gasteiger partial charge on any atom is -0.182 e. The molecule has 6 rings (SSSR count). The van der Waals surface area contributed by atoms with E-state index in [0.29, 0.717) is 9.77 Å². The lowest BCUT2D eigenvalue weighted by Gasteiger charge is -2.21. The largest absolute Gasteiger partial charge is 0.182 e. The third-order valence-corrected chi connectivity index (χ3v) is 10.5. The van der Waals surface area contributed by atoms with Crippen LogP contribution in [0.2, 0.25) is 0 Å². The van der Waals surface area contributed by atoms with Gasteiger partial charge in [0.05, 0.1) is 20.0 Å². The van der Waals surface area contributed by atoms with Crippen molar-refractivity contribution in [3.8, 4) is 0 Å². The molecule has 4 aromatic rings. The van der Waals surface area contributed by atoms with E-state index in [0.717, 1.165) is 43.2 Å². The maximum absolute atomic E-state index is 11.8. The summed E-state index contributed by atoms with van der Waals surface area (Å²) in [5, 5.41) is 0. The van der Waals surface area contributed by atoms with Gasteiger partial charge in [0, 0.05) is 9.81 Å². The predicted octanol–water partition coefficient (Wildman–Crippen LogP) is 6.60. The van der Waals surface area contributed by atoms with E-state index in [-0.39, 0.29) is 0 Å². The van der Waals surface area contributed by atoms with Crippen molar-refractivity contribution in [1.82, 2.24) is 0 Å². The molecule has 0 bridgehead atoms. The highest BCUT2D eigenvalue weighted by molar-refractivity contribution is 8.20. The first kappa shape index (κ1) is 30.1. The van der Waals surface area contributed by atoms with Crippen molar-refractivity contribution in [2.24, 2.45) is 0 Å². The topological polar surface area (TPSA) is 78.4 Å². The van der Waals surface area contributed by atoms with Crippen LogP contribution in [0, 0.1) is 10.2 Å². The summed E-state index contributed by atoms with van der Waals surface area (Å²) in [6.07, 6.45) is 14.2. The molecule has 4 nitrogen and oxygen atoms in total. The van der Waals surface area contributed by atoms with Crippen LogP contribution >= 0.6 is 22.5 Å². The Labute approximate surface area is 266 Å². The molecule has 0 saturated carbocycles. The molecule has 0 fully saturated rings. The monoisotopic (exact) mass is 634 g/mol. The van der Waals surface area contributed by atoms with E-state index in [1.807, 2.05) is 121 Å². The Kier molecular flexibility index (Phi) is 9.40. The van der Waals surface area contributed by atoms with E-state index < -0.39 is 21.0 Å². The SMILES string of the molecule is [O-][Cl+3]([O-])([O-])OS1=C(c2ccccc2)C=C(/C=C/C=C2C=C(c3ccccc3)SC(c3ccccc3)=C2)C=C1c1ccccc1. The van der Waals surface area contributed by atoms with Crippen LogP contribution in [0.5, 0.6) is 0 Å². The minimum atomic E-state index is -4.67. The van der Waals surface area contributed by atoms with Crippen LogP contribution < -0.4 is 14.0 Å². The Morgan fingerprint density at radius 2 is 1.05 bits per heavy atom. The molecule has 7 heteroatoms. The molecule has 0 aromatic heterocycles. The van der Waals surface area contributed by atoms with Gasteiger partial charge in [0.25, 0.3) is 0 Å². The maximum atomic E-state index is 11.8. The van der Waals surface area contributed by atoms with Crippen molar-refractivity contribution in [2.45, 2.75) is 0 Å². The van der Waals surface area contributed by atoms with Crippen LogP contribution in [0.25, 0.3) is 14.7 Å². The minimum absolute atomic E-state index is 0.609. The summed E-state index contributed by atoms with van der Waals surface area (Å²) in [5.74, 6) is 0. The van der Waals surface area contributed by atoms with Gasteiger partial charge in [-0.05, 0) is 57.7 Å². The van der Waals surface area contributed by atoms with Gasteiger partial charge in [0.2, 0.25) is 0 Å². The normalized spacial score (nSPS) is 17.1. The third-order valence-electron chi connectivity index (χ3n) is 6.76. The Bertz CT molecular complexity index is 1790. The summed E-state index contributed by atoms with van der Waals surface area (Å²) < 4.78 is 40.7. The number of rotatable bonds is 8. The highest BCUT2D eigenvalue weighted by Gasteiger charge is 2.31. The predicted molar refractivity (Wildman–Crippen MR) is 175 cm³/mol. The molecule has 2 aliphatic heterocycles. The van der Waals surface area contributed by atoms with Crippen molar-refractivity contribution in [1.29, 1.82) is 0 Å². The zero-order valence-corrected chi connectivity index (χ0v) is 25.8. The van der Waals surface area contributed by atoms with Crippen molar-refractivity contribution in [2.75, 3.05) is 0 Å². The Balaban J connectivity index is 1.42. The fourth-order valence-corrected chi connectivity index (χ4v) is 8.49. The number of allylic oxidation sites excluding steroid dienone is 9. The fourth-order valence-electron chi connectivity index (χ4n) is 4.77. The first-order chi connectivity index (χ1) is 21.4. The average Bonchev–Trinajstić information content (AvgIpc) is 3.06. The van der Waals surface area contributed by atoms with Gasteiger partial charge in [0.1, 0.15) is 14.5 Å². The number of thioether (sulfide) groups is 1. The van der Waals surface area contributed by atoms with Crippen LogP contribution in [0.15, 0.2) is 175 Å². The van der Waals surface area contributed by atoms with E-state index >= 15 is 0 Å². The quantitative estimate of drug-likeness (QED) is 0.204. The van der Waals surface area contributed by atoms with Crippen molar-refractivity contribution in [3.05, 3.63) is 197 Å². The molecule has 2 aliphatic rings. The second kappa shape index (κ2) is 13.8. The molecular weight excluding hydrogens is 608 g/mol. The maximum Gasteiger partial charge on any atom is 0.148 e. The highest BCUT2D eigenvalue weighted by atomic mass is 35.7. The highest BCUT2D eigenvalue weighted by Crippen LogP contribution is 2.45. The third kappa shape index (κ3) is 7.56. The summed E-state index contributed by atoms with van der Waals surface area (Å²) in [7, 11) is -6.13. The van der Waals surface area contributed by atoms with E-state index in [2.05, 4.69) is 42.5 Å². The van der Waals surface area contributed by atoms with E-state index in [4.69, 9.17) is 3.74 Å². The summed E-state index contributed by atoms with van der Waals surface area (Å²) in [5.41, 5.74) is 5.75. The van der Waals surface area contributed by atoms with Crippen LogP contribution in [0.4, 0.5) is 0 Å². The van der Waals surface area contributed by atoms with Crippen LogP contribution in [-0.2, 0) is 3.74 Å². The van der Waals surface area contributed by atoms with Gasteiger partial charge < -0.3 is 0 Å². The van der Waals surface area contributed by atoms with Crippen molar-refractivity contribution >= 4 is 42.1 Å². The molecule has 1 atom stereocenters. The molecule has 44 heavy (non-hydrogen) atoms. The number of hydrogen-bond acceptors (Lipinski definition) is 5. The van der Waals surface area contributed by atoms with Crippen LogP contribution in [-0.4, -0.2) is 4.86 Å². The van der Waals surface area contributed by atoms with Gasteiger partial charge >= 0.3 is 0 Å². The van der Waals surface area contributed by atoms with Gasteiger partial charge in [0.15, 0.2) is 0 Å². The van der Waals surface area contributed by atoms with Crippen molar-refractivity contribution in [3.63, 3.8) is 0 Å². The average molecular weight is 635 g/mol. The molecule has 0 aliphatic carbocycles. The Hall–Kier alpha value is -3.98. The summed E-state index contributed by atoms with van der Waals surface area (Å²) in [6.45, 7) is 0. The first-order valence-electron chi connectivity index (χ1n) is 13.8. The second-order valence-corrected chi connectivity index (χ2v) is 13.6. The van der Waals surface area contributed by atoms with Gasteiger partial charge in [-0.3, -0.25) is 0 Å². The number of benzene rings is 4. The standard InChI is InChI=1S/C37H27ClO4S2/c39-38(40,41)42-44-36(32-20-9-3-10-21-32)26-29(27-37(44)33-22-11-4-12-23-33)15-13-14-28-24-34(30-16-5-1-6-17-30)43-35(25-28)31-18-7-2-8-19-31/h1-27H/b15-13+. The van der Waals surface area contributed by atoms with Gasteiger partial charge in [-0.1, -0.05) is 151 Å². The zero-order valence-electron chi connectivity index (χ0n) is 23.4. The number of halogens is 1. The van der Waals surface area contributed by atoms with Gasteiger partial charge in [-0.2, -0.15) is 14.0 Å². The lowest BCUT2D eigenvalue weighted by Crippen LogP contribution is -2.60. The lowest BCUT2D eigenvalue weighted by atomic mass is 10.1. The van der Waals surface area contributed by atoms with Crippen LogP contribution in [0.3, 0.4) is 0 Å². The number of hydrogen-bond donors (Lipinski definition) is 0. The molecular formula is C37H27ClO4S2.